The number of rotatable bonds is 4. The Balaban J connectivity index is 2.11. The van der Waals surface area contributed by atoms with Gasteiger partial charge >= 0.3 is 0 Å². The summed E-state index contributed by atoms with van der Waals surface area (Å²) in [5.74, 6) is 0.751. The van der Waals surface area contributed by atoms with Gasteiger partial charge in [-0.25, -0.2) is 0 Å². The molecular weight excluding hydrogens is 218 g/mol. The standard InChI is InChI=1S/C13H21NOS/c1-4-5-8-14-12(15)16-11(13(14,2)3)9-10-6-7-10/h9-10H,4-8H2,1-3H3/b11-9-. The average Bonchev–Trinajstić information content (AvgIpc) is 2.97. The van der Waals surface area contributed by atoms with Gasteiger partial charge in [-0.3, -0.25) is 4.79 Å². The third kappa shape index (κ3) is 2.29. The van der Waals surface area contributed by atoms with Crippen molar-refractivity contribution in [2.45, 2.75) is 52.0 Å². The summed E-state index contributed by atoms with van der Waals surface area (Å²) in [4.78, 5) is 15.3. The number of carbonyl (C=O) groups is 1. The van der Waals surface area contributed by atoms with Crippen molar-refractivity contribution in [2.75, 3.05) is 6.54 Å². The maximum atomic E-state index is 12.0. The normalized spacial score (nSPS) is 26.8. The smallest absolute Gasteiger partial charge is 0.286 e. The van der Waals surface area contributed by atoms with Crippen molar-refractivity contribution in [3.05, 3.63) is 11.0 Å². The summed E-state index contributed by atoms with van der Waals surface area (Å²) in [5.41, 5.74) is -0.0699. The summed E-state index contributed by atoms with van der Waals surface area (Å²) >= 11 is 1.45. The van der Waals surface area contributed by atoms with Gasteiger partial charge < -0.3 is 4.90 Å². The van der Waals surface area contributed by atoms with Crippen LogP contribution in [0.1, 0.15) is 46.5 Å². The van der Waals surface area contributed by atoms with Gasteiger partial charge in [0.1, 0.15) is 0 Å². The van der Waals surface area contributed by atoms with Crippen molar-refractivity contribution in [3.63, 3.8) is 0 Å². The largest absolute Gasteiger partial charge is 0.324 e. The minimum atomic E-state index is -0.0699. The summed E-state index contributed by atoms with van der Waals surface area (Å²) < 4.78 is 0. The van der Waals surface area contributed by atoms with Crippen LogP contribution in [0, 0.1) is 5.92 Å². The molecule has 2 nitrogen and oxygen atoms in total. The Kier molecular flexibility index (Phi) is 3.34. The van der Waals surface area contributed by atoms with E-state index in [0.717, 1.165) is 25.3 Å². The molecule has 0 aromatic heterocycles. The number of amides is 1. The van der Waals surface area contributed by atoms with E-state index in [1.807, 2.05) is 4.90 Å². The van der Waals surface area contributed by atoms with E-state index in [9.17, 15) is 4.79 Å². The van der Waals surface area contributed by atoms with Crippen molar-refractivity contribution in [3.8, 4) is 0 Å². The minimum Gasteiger partial charge on any atom is -0.324 e. The molecule has 3 heteroatoms. The number of hydrogen-bond donors (Lipinski definition) is 0. The van der Waals surface area contributed by atoms with E-state index in [4.69, 9.17) is 0 Å². The summed E-state index contributed by atoms with van der Waals surface area (Å²) in [6, 6.07) is 0. The molecule has 16 heavy (non-hydrogen) atoms. The highest BCUT2D eigenvalue weighted by molar-refractivity contribution is 8.17. The molecule has 0 aromatic rings. The van der Waals surface area contributed by atoms with E-state index in [1.165, 1.54) is 29.5 Å². The fourth-order valence-corrected chi connectivity index (χ4v) is 3.28. The van der Waals surface area contributed by atoms with Crippen molar-refractivity contribution in [1.82, 2.24) is 4.90 Å². The quantitative estimate of drug-likeness (QED) is 0.738. The van der Waals surface area contributed by atoms with Crippen molar-refractivity contribution >= 4 is 17.0 Å². The predicted molar refractivity (Wildman–Crippen MR) is 69.5 cm³/mol. The molecular formula is C13H21NOS. The molecule has 1 aliphatic heterocycles. The van der Waals surface area contributed by atoms with Gasteiger partial charge in [-0.05, 0) is 50.8 Å². The molecule has 0 unspecified atom stereocenters. The maximum absolute atomic E-state index is 12.0. The fraction of sp³-hybridized carbons (Fsp3) is 0.769. The highest BCUT2D eigenvalue weighted by Gasteiger charge is 2.43. The molecule has 0 radical (unpaired) electrons. The zero-order chi connectivity index (χ0) is 11.8. The second-order valence-electron chi connectivity index (χ2n) is 5.30. The molecule has 2 aliphatic rings. The van der Waals surface area contributed by atoms with Crippen LogP contribution in [0.4, 0.5) is 4.79 Å². The zero-order valence-electron chi connectivity index (χ0n) is 10.5. The van der Waals surface area contributed by atoms with Crippen molar-refractivity contribution in [2.24, 2.45) is 5.92 Å². The van der Waals surface area contributed by atoms with Gasteiger partial charge in [0, 0.05) is 11.4 Å². The molecule has 0 atom stereocenters. The van der Waals surface area contributed by atoms with Crippen LogP contribution in [0.3, 0.4) is 0 Å². The van der Waals surface area contributed by atoms with Gasteiger partial charge in [-0.2, -0.15) is 0 Å². The summed E-state index contributed by atoms with van der Waals surface area (Å²) in [7, 11) is 0. The van der Waals surface area contributed by atoms with Crippen LogP contribution in [0.5, 0.6) is 0 Å². The first-order valence-electron chi connectivity index (χ1n) is 6.27. The molecule has 0 spiro atoms. The topological polar surface area (TPSA) is 20.3 Å². The molecule has 2 rings (SSSR count). The van der Waals surface area contributed by atoms with E-state index in [-0.39, 0.29) is 10.8 Å². The van der Waals surface area contributed by atoms with E-state index in [1.54, 1.807) is 0 Å². The lowest BCUT2D eigenvalue weighted by Crippen LogP contribution is -2.41. The Labute approximate surface area is 102 Å². The van der Waals surface area contributed by atoms with E-state index >= 15 is 0 Å². The van der Waals surface area contributed by atoms with Gasteiger partial charge in [0.25, 0.3) is 5.24 Å². The maximum Gasteiger partial charge on any atom is 0.286 e. The number of hydrogen-bond acceptors (Lipinski definition) is 2. The van der Waals surface area contributed by atoms with Gasteiger partial charge in [-0.1, -0.05) is 19.4 Å². The van der Waals surface area contributed by atoms with Gasteiger partial charge in [-0.15, -0.1) is 0 Å². The molecule has 1 amide bonds. The molecule has 90 valence electrons. The van der Waals surface area contributed by atoms with E-state index in [0.29, 0.717) is 0 Å². The second kappa shape index (κ2) is 4.44. The van der Waals surface area contributed by atoms with Gasteiger partial charge in [0.05, 0.1) is 5.54 Å². The van der Waals surface area contributed by atoms with Crippen molar-refractivity contribution in [1.29, 1.82) is 0 Å². The zero-order valence-corrected chi connectivity index (χ0v) is 11.3. The first-order chi connectivity index (χ1) is 7.55. The highest BCUT2D eigenvalue weighted by atomic mass is 32.2. The monoisotopic (exact) mass is 239 g/mol. The molecule has 0 aromatic carbocycles. The Bertz CT molecular complexity index is 318. The molecule has 1 heterocycles. The number of unbranched alkanes of at least 4 members (excludes halogenated alkanes) is 1. The SMILES string of the molecule is CCCCN1C(=O)S/C(=C\C2CC2)C1(C)C. The van der Waals surface area contributed by atoms with Gasteiger partial charge in [0.15, 0.2) is 0 Å². The third-order valence-corrected chi connectivity index (χ3v) is 4.69. The molecule has 1 saturated carbocycles. The highest BCUT2D eigenvalue weighted by Crippen LogP contribution is 2.46. The lowest BCUT2D eigenvalue weighted by molar-refractivity contribution is 0.185. The first kappa shape index (κ1) is 12.0. The van der Waals surface area contributed by atoms with E-state index in [2.05, 4.69) is 26.8 Å². The lowest BCUT2D eigenvalue weighted by atomic mass is 10.0. The number of nitrogens with zero attached hydrogens (tertiary/aromatic N) is 1. The third-order valence-electron chi connectivity index (χ3n) is 3.44. The summed E-state index contributed by atoms with van der Waals surface area (Å²) in [6.45, 7) is 7.42. The second-order valence-corrected chi connectivity index (χ2v) is 6.29. The van der Waals surface area contributed by atoms with Crippen LogP contribution in [0.2, 0.25) is 0 Å². The Morgan fingerprint density at radius 1 is 1.50 bits per heavy atom. The lowest BCUT2D eigenvalue weighted by Gasteiger charge is -2.31. The van der Waals surface area contributed by atoms with Gasteiger partial charge in [0.2, 0.25) is 0 Å². The summed E-state index contributed by atoms with van der Waals surface area (Å²) in [6.07, 6.45) is 7.19. The Morgan fingerprint density at radius 2 is 2.19 bits per heavy atom. The molecule has 1 aliphatic carbocycles. The minimum absolute atomic E-state index is 0.0699. The van der Waals surface area contributed by atoms with Crippen molar-refractivity contribution < 1.29 is 4.79 Å². The molecule has 0 N–H and O–H groups in total. The molecule has 2 fully saturated rings. The van der Waals surface area contributed by atoms with Crippen LogP contribution in [0.25, 0.3) is 0 Å². The van der Waals surface area contributed by atoms with Crippen LogP contribution < -0.4 is 0 Å². The van der Waals surface area contributed by atoms with Crippen LogP contribution in [-0.4, -0.2) is 22.2 Å². The fourth-order valence-electron chi connectivity index (χ4n) is 2.04. The number of thioether (sulfide) groups is 1. The number of allylic oxidation sites excluding steroid dienone is 1. The predicted octanol–water partition coefficient (Wildman–Crippen LogP) is 4.03. The number of carbonyl (C=O) groups excluding carboxylic acids is 1. The Hall–Kier alpha value is -0.440. The Morgan fingerprint density at radius 3 is 2.75 bits per heavy atom. The summed E-state index contributed by atoms with van der Waals surface area (Å²) in [5, 5.41) is 0.241. The molecule has 0 bridgehead atoms. The van der Waals surface area contributed by atoms with Crippen LogP contribution >= 0.6 is 11.8 Å². The van der Waals surface area contributed by atoms with Crippen LogP contribution in [-0.2, 0) is 0 Å². The average molecular weight is 239 g/mol. The van der Waals surface area contributed by atoms with E-state index < -0.39 is 0 Å². The first-order valence-corrected chi connectivity index (χ1v) is 7.09. The molecule has 1 saturated heterocycles. The van der Waals surface area contributed by atoms with Crippen LogP contribution in [0.15, 0.2) is 11.0 Å².